The normalized spacial score (nSPS) is 21.5. The van der Waals surface area contributed by atoms with Crippen LogP contribution in [0.2, 0.25) is 0 Å². The average molecular weight is 449 g/mol. The number of ether oxygens (including phenoxy) is 3. The highest BCUT2D eigenvalue weighted by Crippen LogP contribution is 2.28. The van der Waals surface area contributed by atoms with Gasteiger partial charge in [-0.2, -0.15) is 0 Å². The first-order valence-corrected chi connectivity index (χ1v) is 13.2. The monoisotopic (exact) mass is 448 g/mol. The quantitative estimate of drug-likeness (QED) is 0.257. The summed E-state index contributed by atoms with van der Waals surface area (Å²) < 4.78 is 18.0. The van der Waals surface area contributed by atoms with E-state index in [-0.39, 0.29) is 12.2 Å². The van der Waals surface area contributed by atoms with E-state index in [1.165, 1.54) is 70.6 Å². The molecule has 184 valence electrons. The van der Waals surface area contributed by atoms with Crippen LogP contribution in [0.3, 0.4) is 0 Å². The summed E-state index contributed by atoms with van der Waals surface area (Å²) in [5.74, 6) is -0.686. The first-order chi connectivity index (χ1) is 15.5. The van der Waals surface area contributed by atoms with Crippen LogP contribution >= 0.6 is 0 Å². The lowest BCUT2D eigenvalue weighted by molar-refractivity contribution is -0.326. The Morgan fingerprint density at radius 1 is 0.906 bits per heavy atom. The molecule has 1 heterocycles. The molecular weight excluding hydrogens is 400 g/mol. The van der Waals surface area contributed by atoms with Crippen LogP contribution in [0.5, 0.6) is 0 Å². The number of aliphatic hydroxyl groups is 1. The van der Waals surface area contributed by atoms with Crippen LogP contribution in [0.4, 0.5) is 0 Å². The number of aliphatic hydroxyl groups excluding tert-OH is 1. The van der Waals surface area contributed by atoms with E-state index in [9.17, 15) is 5.11 Å². The molecule has 1 aromatic rings. The minimum atomic E-state index is -0.686. The molecule has 0 aliphatic carbocycles. The zero-order chi connectivity index (χ0) is 23.1. The van der Waals surface area contributed by atoms with Gasteiger partial charge < -0.3 is 19.3 Å². The maximum Gasteiger partial charge on any atom is 0.163 e. The lowest BCUT2D eigenvalue weighted by Crippen LogP contribution is -2.54. The maximum absolute atomic E-state index is 10.9. The van der Waals surface area contributed by atoms with Gasteiger partial charge in [-0.15, -0.1) is 0 Å². The summed E-state index contributed by atoms with van der Waals surface area (Å²) in [6.45, 7) is 7.03. The van der Waals surface area contributed by atoms with Crippen LogP contribution in [0.15, 0.2) is 30.3 Å². The van der Waals surface area contributed by atoms with E-state index in [0.29, 0.717) is 13.2 Å². The van der Waals surface area contributed by atoms with Crippen LogP contribution in [0, 0.1) is 0 Å². The Morgan fingerprint density at radius 3 is 2.06 bits per heavy atom. The Morgan fingerprint density at radius 2 is 1.47 bits per heavy atom. The second-order valence-corrected chi connectivity index (χ2v) is 9.87. The van der Waals surface area contributed by atoms with Crippen molar-refractivity contribution in [3.05, 3.63) is 35.9 Å². The second kappa shape index (κ2) is 15.8. The molecule has 1 saturated heterocycles. The highest BCUT2D eigenvalue weighted by molar-refractivity contribution is 5.13. The number of benzene rings is 1. The summed E-state index contributed by atoms with van der Waals surface area (Å²) in [7, 11) is 0. The van der Waals surface area contributed by atoms with Crippen molar-refractivity contribution in [1.82, 2.24) is 0 Å². The minimum absolute atomic E-state index is 0.254. The van der Waals surface area contributed by atoms with Gasteiger partial charge in [0, 0.05) is 0 Å². The fraction of sp³-hybridized carbons (Fsp3) is 0.786. The molecule has 4 heteroatoms. The van der Waals surface area contributed by atoms with Crippen molar-refractivity contribution >= 4 is 0 Å². The topological polar surface area (TPSA) is 47.9 Å². The van der Waals surface area contributed by atoms with Crippen molar-refractivity contribution in [2.24, 2.45) is 0 Å². The van der Waals surface area contributed by atoms with Gasteiger partial charge in [0.15, 0.2) is 5.79 Å². The van der Waals surface area contributed by atoms with Gasteiger partial charge in [0.05, 0.1) is 19.3 Å². The average Bonchev–Trinajstić information content (AvgIpc) is 2.79. The standard InChI is InChI=1S/C28H48O4/c1-4-5-6-7-8-9-10-11-12-13-14-18-21-25(29)27-26(23-31-28(2,3)32-27)30-22-24-19-16-15-17-20-24/h15-17,19-20,25-27,29H,4-14,18,21-23H2,1-3H3/t25-,26-,27-/m1/s1. The Kier molecular flexibility index (Phi) is 13.5. The van der Waals surface area contributed by atoms with Crippen molar-refractivity contribution in [3.8, 4) is 0 Å². The fourth-order valence-electron chi connectivity index (χ4n) is 4.42. The molecular formula is C28H48O4. The SMILES string of the molecule is CCCCCCCCCCCCCC[C@@H](O)[C@H]1OC(C)(C)OC[C@H]1OCc1ccccc1. The van der Waals surface area contributed by atoms with Crippen molar-refractivity contribution in [2.45, 2.75) is 135 Å². The van der Waals surface area contributed by atoms with Gasteiger partial charge in [-0.25, -0.2) is 0 Å². The maximum atomic E-state index is 10.9. The molecule has 0 spiro atoms. The molecule has 1 fully saturated rings. The summed E-state index contributed by atoms with van der Waals surface area (Å²) in [4.78, 5) is 0. The Labute approximate surface area is 197 Å². The van der Waals surface area contributed by atoms with Gasteiger partial charge in [-0.3, -0.25) is 0 Å². The highest BCUT2D eigenvalue weighted by atomic mass is 16.7. The smallest absolute Gasteiger partial charge is 0.163 e. The molecule has 1 aliphatic rings. The predicted molar refractivity (Wildman–Crippen MR) is 132 cm³/mol. The lowest BCUT2D eigenvalue weighted by Gasteiger charge is -2.42. The third-order valence-corrected chi connectivity index (χ3v) is 6.42. The van der Waals surface area contributed by atoms with Crippen molar-refractivity contribution in [1.29, 1.82) is 0 Å². The van der Waals surface area contributed by atoms with E-state index in [2.05, 4.69) is 6.92 Å². The zero-order valence-corrected chi connectivity index (χ0v) is 20.9. The number of hydrogen-bond donors (Lipinski definition) is 1. The first-order valence-electron chi connectivity index (χ1n) is 13.2. The van der Waals surface area contributed by atoms with Crippen LogP contribution < -0.4 is 0 Å². The molecule has 2 rings (SSSR count). The third kappa shape index (κ3) is 11.3. The van der Waals surface area contributed by atoms with Gasteiger partial charge in [0.1, 0.15) is 12.2 Å². The zero-order valence-electron chi connectivity index (χ0n) is 20.9. The van der Waals surface area contributed by atoms with Crippen LogP contribution in [-0.2, 0) is 20.8 Å². The lowest BCUT2D eigenvalue weighted by atomic mass is 9.99. The van der Waals surface area contributed by atoms with Gasteiger partial charge in [0.25, 0.3) is 0 Å². The molecule has 4 nitrogen and oxygen atoms in total. The Hall–Kier alpha value is -0.940. The number of unbranched alkanes of at least 4 members (excludes halogenated alkanes) is 11. The Balaban J connectivity index is 1.60. The fourth-order valence-corrected chi connectivity index (χ4v) is 4.42. The second-order valence-electron chi connectivity index (χ2n) is 9.87. The van der Waals surface area contributed by atoms with Gasteiger partial charge in [-0.1, -0.05) is 114 Å². The van der Waals surface area contributed by atoms with Gasteiger partial charge >= 0.3 is 0 Å². The molecule has 1 aliphatic heterocycles. The molecule has 0 bridgehead atoms. The number of hydrogen-bond acceptors (Lipinski definition) is 4. The minimum Gasteiger partial charge on any atom is -0.390 e. The Bertz CT molecular complexity index is 574. The van der Waals surface area contributed by atoms with Crippen molar-refractivity contribution in [2.75, 3.05) is 6.61 Å². The molecule has 0 aromatic heterocycles. The summed E-state index contributed by atoms with van der Waals surface area (Å²) in [6.07, 6.45) is 15.5. The molecule has 0 unspecified atom stereocenters. The van der Waals surface area contributed by atoms with Gasteiger partial charge in [0.2, 0.25) is 0 Å². The summed E-state index contributed by atoms with van der Waals surface area (Å²) in [5, 5.41) is 10.9. The summed E-state index contributed by atoms with van der Waals surface area (Å²) in [5.41, 5.74) is 1.12. The molecule has 0 radical (unpaired) electrons. The molecule has 3 atom stereocenters. The summed E-state index contributed by atoms with van der Waals surface area (Å²) >= 11 is 0. The predicted octanol–water partition coefficient (Wildman–Crippen LogP) is 7.18. The van der Waals surface area contributed by atoms with Crippen LogP contribution in [0.25, 0.3) is 0 Å². The molecule has 1 N–H and O–H groups in total. The largest absolute Gasteiger partial charge is 0.390 e. The third-order valence-electron chi connectivity index (χ3n) is 6.42. The van der Waals surface area contributed by atoms with E-state index in [1.54, 1.807) is 0 Å². The summed E-state index contributed by atoms with van der Waals surface area (Å²) in [6, 6.07) is 10.1. The molecule has 0 amide bonds. The van der Waals surface area contributed by atoms with E-state index >= 15 is 0 Å². The first kappa shape index (κ1) is 27.3. The van der Waals surface area contributed by atoms with Crippen molar-refractivity contribution < 1.29 is 19.3 Å². The highest BCUT2D eigenvalue weighted by Gasteiger charge is 2.40. The molecule has 0 saturated carbocycles. The van der Waals surface area contributed by atoms with E-state index in [0.717, 1.165) is 18.4 Å². The molecule has 32 heavy (non-hydrogen) atoms. The van der Waals surface area contributed by atoms with Crippen LogP contribution in [0.1, 0.15) is 110 Å². The van der Waals surface area contributed by atoms with Gasteiger partial charge in [-0.05, 0) is 25.8 Å². The van der Waals surface area contributed by atoms with Crippen molar-refractivity contribution in [3.63, 3.8) is 0 Å². The van der Waals surface area contributed by atoms with Crippen LogP contribution in [-0.4, -0.2) is 35.8 Å². The van der Waals surface area contributed by atoms with E-state index in [1.807, 2.05) is 44.2 Å². The number of rotatable bonds is 17. The van der Waals surface area contributed by atoms with E-state index < -0.39 is 11.9 Å². The van der Waals surface area contributed by atoms with E-state index in [4.69, 9.17) is 14.2 Å². The molecule has 1 aromatic carbocycles.